The zero-order valence-corrected chi connectivity index (χ0v) is 10.6. The van der Waals surface area contributed by atoms with Crippen LogP contribution in [0.25, 0.3) is 0 Å². The molecule has 94 valence electrons. The number of hydrogen-bond donors (Lipinski definition) is 1. The number of methoxy groups -OCH3 is 1. The second kappa shape index (κ2) is 5.66. The Morgan fingerprint density at radius 3 is 2.53 bits per heavy atom. The molecule has 0 aromatic carbocycles. The van der Waals surface area contributed by atoms with Crippen molar-refractivity contribution >= 4 is 5.97 Å². The molecule has 0 aliphatic heterocycles. The van der Waals surface area contributed by atoms with Crippen LogP contribution in [0.5, 0.6) is 5.88 Å². The van der Waals surface area contributed by atoms with E-state index in [1.807, 2.05) is 26.0 Å². The number of carbonyl (C=O) groups is 1. The molecule has 0 amide bonds. The van der Waals surface area contributed by atoms with Gasteiger partial charge in [-0.15, -0.1) is 0 Å². The fraction of sp³-hybridized carbons (Fsp3) is 0.538. The first kappa shape index (κ1) is 13.5. The van der Waals surface area contributed by atoms with Crippen LogP contribution in [0, 0.1) is 5.41 Å². The number of carboxylic acid groups (broad SMARTS) is 1. The molecule has 4 heteroatoms. The molecule has 1 rings (SSSR count). The minimum atomic E-state index is -0.757. The number of pyridine rings is 1. The highest BCUT2D eigenvalue weighted by Gasteiger charge is 2.35. The molecule has 4 nitrogen and oxygen atoms in total. The summed E-state index contributed by atoms with van der Waals surface area (Å²) in [6.45, 7) is 3.80. The fourth-order valence-electron chi connectivity index (χ4n) is 1.89. The summed E-state index contributed by atoms with van der Waals surface area (Å²) in [5.74, 6) is -0.235. The molecule has 0 atom stereocenters. The third-order valence-electron chi connectivity index (χ3n) is 3.32. The van der Waals surface area contributed by atoms with Gasteiger partial charge >= 0.3 is 5.97 Å². The van der Waals surface area contributed by atoms with Crippen molar-refractivity contribution in [3.63, 3.8) is 0 Å². The number of aromatic nitrogens is 1. The van der Waals surface area contributed by atoms with Crippen molar-refractivity contribution in [2.75, 3.05) is 7.11 Å². The maximum Gasteiger partial charge on any atom is 0.310 e. The minimum Gasteiger partial charge on any atom is -0.481 e. The molecule has 1 heterocycles. The highest BCUT2D eigenvalue weighted by atomic mass is 16.5. The molecule has 0 spiro atoms. The number of carboxylic acids is 1. The number of rotatable bonds is 6. The van der Waals surface area contributed by atoms with Crippen LogP contribution < -0.4 is 4.74 Å². The van der Waals surface area contributed by atoms with E-state index in [1.165, 1.54) is 0 Å². The van der Waals surface area contributed by atoms with Crippen LogP contribution in [0.15, 0.2) is 18.2 Å². The van der Waals surface area contributed by atoms with Gasteiger partial charge in [0.1, 0.15) is 0 Å². The van der Waals surface area contributed by atoms with Gasteiger partial charge in [0.05, 0.1) is 12.5 Å². The fourth-order valence-corrected chi connectivity index (χ4v) is 1.89. The monoisotopic (exact) mass is 237 g/mol. The number of hydrogen-bond acceptors (Lipinski definition) is 3. The van der Waals surface area contributed by atoms with Crippen molar-refractivity contribution in [3.05, 3.63) is 23.9 Å². The van der Waals surface area contributed by atoms with Crippen LogP contribution in [0.1, 0.15) is 32.4 Å². The topological polar surface area (TPSA) is 59.4 Å². The minimum absolute atomic E-state index is 0.437. The third kappa shape index (κ3) is 2.96. The Morgan fingerprint density at radius 1 is 1.41 bits per heavy atom. The van der Waals surface area contributed by atoms with Gasteiger partial charge in [0.15, 0.2) is 0 Å². The first-order valence-corrected chi connectivity index (χ1v) is 5.81. The molecule has 0 unspecified atom stereocenters. The highest BCUT2D eigenvalue weighted by molar-refractivity contribution is 5.74. The third-order valence-corrected chi connectivity index (χ3v) is 3.32. The Kier molecular flexibility index (Phi) is 4.49. The Labute approximate surface area is 102 Å². The van der Waals surface area contributed by atoms with Gasteiger partial charge in [0, 0.05) is 18.2 Å². The number of aliphatic carboxylic acids is 1. The van der Waals surface area contributed by atoms with E-state index >= 15 is 0 Å². The Hall–Kier alpha value is -1.58. The molecule has 0 saturated carbocycles. The van der Waals surface area contributed by atoms with E-state index in [2.05, 4.69) is 4.98 Å². The predicted octanol–water partition coefficient (Wildman–Crippen LogP) is 2.52. The van der Waals surface area contributed by atoms with Gasteiger partial charge in [-0.2, -0.15) is 0 Å². The van der Waals surface area contributed by atoms with E-state index in [0.717, 1.165) is 5.69 Å². The summed E-state index contributed by atoms with van der Waals surface area (Å²) >= 11 is 0. The molecule has 1 aromatic heterocycles. The zero-order valence-electron chi connectivity index (χ0n) is 10.6. The smallest absolute Gasteiger partial charge is 0.310 e. The molecule has 0 radical (unpaired) electrons. The Morgan fingerprint density at radius 2 is 2.06 bits per heavy atom. The molecular formula is C13H19NO3. The van der Waals surface area contributed by atoms with Gasteiger partial charge in [-0.25, -0.2) is 4.98 Å². The number of nitrogens with zero attached hydrogens (tertiary/aromatic N) is 1. The van der Waals surface area contributed by atoms with Gasteiger partial charge < -0.3 is 9.84 Å². The summed E-state index contributed by atoms with van der Waals surface area (Å²) in [5.41, 5.74) is 0.0368. The average molecular weight is 237 g/mol. The lowest BCUT2D eigenvalue weighted by molar-refractivity contribution is -0.149. The van der Waals surface area contributed by atoms with Crippen LogP contribution in [0.2, 0.25) is 0 Å². The van der Waals surface area contributed by atoms with E-state index < -0.39 is 11.4 Å². The van der Waals surface area contributed by atoms with Gasteiger partial charge in [0.2, 0.25) is 5.88 Å². The summed E-state index contributed by atoms with van der Waals surface area (Å²) in [7, 11) is 1.55. The van der Waals surface area contributed by atoms with E-state index in [4.69, 9.17) is 4.74 Å². The molecule has 0 aliphatic rings. The lowest BCUT2D eigenvalue weighted by atomic mass is 9.78. The lowest BCUT2D eigenvalue weighted by Gasteiger charge is -2.26. The van der Waals surface area contributed by atoms with Crippen molar-refractivity contribution < 1.29 is 14.6 Å². The quantitative estimate of drug-likeness (QED) is 0.826. The van der Waals surface area contributed by atoms with Crippen LogP contribution in [0.3, 0.4) is 0 Å². The molecule has 0 bridgehead atoms. The first-order chi connectivity index (χ1) is 8.07. The molecule has 0 aliphatic carbocycles. The first-order valence-electron chi connectivity index (χ1n) is 5.81. The Bertz CT molecular complexity index is 386. The normalized spacial score (nSPS) is 11.2. The summed E-state index contributed by atoms with van der Waals surface area (Å²) in [5, 5.41) is 9.35. The lowest BCUT2D eigenvalue weighted by Crippen LogP contribution is -2.32. The van der Waals surface area contributed by atoms with E-state index in [9.17, 15) is 9.90 Å². The van der Waals surface area contributed by atoms with Crippen molar-refractivity contribution in [1.82, 2.24) is 4.98 Å². The Balaban J connectivity index is 2.97. The van der Waals surface area contributed by atoms with Gasteiger partial charge in [0.25, 0.3) is 0 Å². The summed E-state index contributed by atoms with van der Waals surface area (Å²) in [6.07, 6.45) is 1.63. The molecule has 0 saturated heterocycles. The van der Waals surface area contributed by atoms with Crippen molar-refractivity contribution in [1.29, 1.82) is 0 Å². The van der Waals surface area contributed by atoms with Crippen molar-refractivity contribution in [2.24, 2.45) is 5.41 Å². The van der Waals surface area contributed by atoms with Crippen molar-refractivity contribution in [3.8, 4) is 5.88 Å². The highest BCUT2D eigenvalue weighted by Crippen LogP contribution is 2.31. The second-order valence-corrected chi connectivity index (χ2v) is 4.14. The molecular weight excluding hydrogens is 218 g/mol. The van der Waals surface area contributed by atoms with Crippen molar-refractivity contribution in [2.45, 2.75) is 33.1 Å². The van der Waals surface area contributed by atoms with Gasteiger partial charge in [-0.05, 0) is 18.9 Å². The maximum atomic E-state index is 11.4. The molecule has 1 N–H and O–H groups in total. The summed E-state index contributed by atoms with van der Waals surface area (Å²) < 4.78 is 5.04. The molecule has 17 heavy (non-hydrogen) atoms. The zero-order chi connectivity index (χ0) is 12.9. The number of ether oxygens (including phenoxy) is 1. The molecule has 0 fully saturated rings. The van der Waals surface area contributed by atoms with E-state index in [-0.39, 0.29) is 0 Å². The second-order valence-electron chi connectivity index (χ2n) is 4.14. The predicted molar refractivity (Wildman–Crippen MR) is 65.1 cm³/mol. The van der Waals surface area contributed by atoms with Crippen LogP contribution >= 0.6 is 0 Å². The van der Waals surface area contributed by atoms with Gasteiger partial charge in [-0.1, -0.05) is 19.9 Å². The SMILES string of the molecule is CCC(CC)(Cc1cccc(OC)n1)C(=O)O. The average Bonchev–Trinajstić information content (AvgIpc) is 2.36. The maximum absolute atomic E-state index is 11.4. The summed E-state index contributed by atoms with van der Waals surface area (Å²) in [4.78, 5) is 15.7. The van der Waals surface area contributed by atoms with E-state index in [0.29, 0.717) is 25.1 Å². The van der Waals surface area contributed by atoms with Crippen LogP contribution in [0.4, 0.5) is 0 Å². The van der Waals surface area contributed by atoms with E-state index in [1.54, 1.807) is 13.2 Å². The molecule has 1 aromatic rings. The summed E-state index contributed by atoms with van der Waals surface area (Å²) in [6, 6.07) is 5.43. The van der Waals surface area contributed by atoms with Gasteiger partial charge in [-0.3, -0.25) is 4.79 Å². The standard InChI is InChI=1S/C13H19NO3/c1-4-13(5-2,12(15)16)9-10-7-6-8-11(14-10)17-3/h6-8H,4-5,9H2,1-3H3,(H,15,16). The largest absolute Gasteiger partial charge is 0.481 e. The van der Waals surface area contributed by atoms with Crippen LogP contribution in [-0.2, 0) is 11.2 Å². The van der Waals surface area contributed by atoms with Crippen LogP contribution in [-0.4, -0.2) is 23.2 Å².